The van der Waals surface area contributed by atoms with E-state index >= 15 is 0 Å². The van der Waals surface area contributed by atoms with Gasteiger partial charge in [0.1, 0.15) is 17.6 Å². The van der Waals surface area contributed by atoms with Crippen LogP contribution in [0.1, 0.15) is 30.5 Å². The zero-order chi connectivity index (χ0) is 17.9. The third-order valence-corrected chi connectivity index (χ3v) is 5.21. The first-order valence-electron chi connectivity index (χ1n) is 9.09. The Kier molecular flexibility index (Phi) is 4.86. The van der Waals surface area contributed by atoms with Gasteiger partial charge in [-0.1, -0.05) is 35.5 Å². The number of aliphatic hydroxyl groups is 1. The maximum atomic E-state index is 10.6. The van der Waals surface area contributed by atoms with E-state index in [1.165, 1.54) is 0 Å². The van der Waals surface area contributed by atoms with E-state index in [2.05, 4.69) is 15.0 Å². The summed E-state index contributed by atoms with van der Waals surface area (Å²) in [6, 6.07) is 12.1. The molecular formula is C20H24N4O2. The second-order valence-corrected chi connectivity index (χ2v) is 7.00. The number of hydrogen-bond acceptors (Lipinski definition) is 5. The third-order valence-electron chi connectivity index (χ3n) is 5.21. The van der Waals surface area contributed by atoms with Crippen molar-refractivity contribution in [2.24, 2.45) is 13.0 Å². The van der Waals surface area contributed by atoms with Crippen LogP contribution in [0.25, 0.3) is 11.3 Å². The molecule has 3 aromatic rings. The smallest absolute Gasteiger partial charge is 0.151 e. The van der Waals surface area contributed by atoms with Crippen molar-refractivity contribution in [3.8, 4) is 11.3 Å². The highest BCUT2D eigenvalue weighted by Gasteiger charge is 2.28. The number of imidazole rings is 1. The summed E-state index contributed by atoms with van der Waals surface area (Å²) in [4.78, 5) is 6.64. The highest BCUT2D eigenvalue weighted by molar-refractivity contribution is 5.58. The van der Waals surface area contributed by atoms with E-state index in [9.17, 15) is 5.11 Å². The first-order chi connectivity index (χ1) is 12.7. The summed E-state index contributed by atoms with van der Waals surface area (Å²) < 4.78 is 7.42. The van der Waals surface area contributed by atoms with Crippen molar-refractivity contribution < 1.29 is 9.63 Å². The summed E-state index contributed by atoms with van der Waals surface area (Å²) in [5.74, 6) is 1.89. The van der Waals surface area contributed by atoms with E-state index in [0.717, 1.165) is 55.3 Å². The Hall–Kier alpha value is -2.44. The van der Waals surface area contributed by atoms with Gasteiger partial charge in [0.05, 0.1) is 6.54 Å². The summed E-state index contributed by atoms with van der Waals surface area (Å²) in [5, 5.41) is 14.8. The largest absolute Gasteiger partial charge is 0.385 e. The SMILES string of the molecule is Cn1ccnc1C(O)C1CCN(Cc2cc(-c3ccccc3)no2)CC1. The van der Waals surface area contributed by atoms with E-state index in [4.69, 9.17) is 4.52 Å². The van der Waals surface area contributed by atoms with Gasteiger partial charge in [-0.3, -0.25) is 4.90 Å². The predicted molar refractivity (Wildman–Crippen MR) is 98.1 cm³/mol. The summed E-state index contributed by atoms with van der Waals surface area (Å²) in [6.07, 6.45) is 5.03. The van der Waals surface area contributed by atoms with Crippen LogP contribution in [0.3, 0.4) is 0 Å². The molecule has 6 heteroatoms. The van der Waals surface area contributed by atoms with Gasteiger partial charge in [-0.2, -0.15) is 0 Å². The number of benzene rings is 1. The quantitative estimate of drug-likeness (QED) is 0.764. The van der Waals surface area contributed by atoms with E-state index in [1.54, 1.807) is 6.20 Å². The maximum absolute atomic E-state index is 10.6. The fourth-order valence-corrected chi connectivity index (χ4v) is 3.65. The lowest BCUT2D eigenvalue weighted by Gasteiger charge is -2.33. The van der Waals surface area contributed by atoms with E-state index in [-0.39, 0.29) is 5.92 Å². The molecule has 0 aliphatic carbocycles. The Morgan fingerprint density at radius 2 is 2.00 bits per heavy atom. The Morgan fingerprint density at radius 3 is 2.69 bits per heavy atom. The van der Waals surface area contributed by atoms with Crippen LogP contribution in [-0.2, 0) is 13.6 Å². The molecule has 1 aliphatic rings. The van der Waals surface area contributed by atoms with Crippen molar-refractivity contribution >= 4 is 0 Å². The minimum Gasteiger partial charge on any atom is -0.385 e. The van der Waals surface area contributed by atoms with Gasteiger partial charge in [0, 0.05) is 31.1 Å². The Labute approximate surface area is 153 Å². The fourth-order valence-electron chi connectivity index (χ4n) is 3.65. The predicted octanol–water partition coefficient (Wildman–Crippen LogP) is 3.02. The van der Waals surface area contributed by atoms with E-state index in [1.807, 2.05) is 54.2 Å². The van der Waals surface area contributed by atoms with Gasteiger partial charge in [-0.05, 0) is 31.8 Å². The van der Waals surface area contributed by atoms with Gasteiger partial charge in [-0.15, -0.1) is 0 Å². The normalized spacial score (nSPS) is 17.5. The van der Waals surface area contributed by atoms with Crippen molar-refractivity contribution in [2.45, 2.75) is 25.5 Å². The zero-order valence-corrected chi connectivity index (χ0v) is 15.0. The van der Waals surface area contributed by atoms with Crippen LogP contribution >= 0.6 is 0 Å². The topological polar surface area (TPSA) is 67.3 Å². The van der Waals surface area contributed by atoms with Crippen LogP contribution in [0, 0.1) is 5.92 Å². The molecule has 0 spiro atoms. The molecule has 1 fully saturated rings. The van der Waals surface area contributed by atoms with Crippen LogP contribution in [-0.4, -0.2) is 37.8 Å². The Bertz CT molecular complexity index is 834. The molecule has 1 aliphatic heterocycles. The molecule has 1 N–H and O–H groups in total. The van der Waals surface area contributed by atoms with Gasteiger partial charge < -0.3 is 14.2 Å². The summed E-state index contributed by atoms with van der Waals surface area (Å²) in [7, 11) is 1.93. The molecule has 4 rings (SSSR count). The number of rotatable bonds is 5. The average Bonchev–Trinajstić information content (AvgIpc) is 3.32. The molecule has 0 radical (unpaired) electrons. The number of likely N-dealkylation sites (tertiary alicyclic amines) is 1. The second-order valence-electron chi connectivity index (χ2n) is 7.00. The lowest BCUT2D eigenvalue weighted by Crippen LogP contribution is -2.35. The molecule has 0 amide bonds. The van der Waals surface area contributed by atoms with Crippen molar-refractivity contribution in [3.05, 3.63) is 60.4 Å². The highest BCUT2D eigenvalue weighted by atomic mass is 16.5. The van der Waals surface area contributed by atoms with Crippen LogP contribution in [0.15, 0.2) is 53.3 Å². The summed E-state index contributed by atoms with van der Waals surface area (Å²) >= 11 is 0. The lowest BCUT2D eigenvalue weighted by molar-refractivity contribution is 0.0470. The van der Waals surface area contributed by atoms with E-state index < -0.39 is 6.10 Å². The average molecular weight is 352 g/mol. The van der Waals surface area contributed by atoms with E-state index in [0.29, 0.717) is 0 Å². The molecule has 1 saturated heterocycles. The summed E-state index contributed by atoms with van der Waals surface area (Å²) in [5.41, 5.74) is 1.94. The Morgan fingerprint density at radius 1 is 1.23 bits per heavy atom. The molecule has 3 heterocycles. The lowest BCUT2D eigenvalue weighted by atomic mass is 9.90. The standard InChI is InChI=1S/C20H24N4O2/c1-23-12-9-21-20(23)19(25)16-7-10-24(11-8-16)14-17-13-18(22-26-17)15-5-3-2-4-6-15/h2-6,9,12-13,16,19,25H,7-8,10-11,14H2,1H3. The van der Waals surface area contributed by atoms with Crippen molar-refractivity contribution in [3.63, 3.8) is 0 Å². The van der Waals surface area contributed by atoms with Gasteiger partial charge >= 0.3 is 0 Å². The molecule has 136 valence electrons. The molecule has 6 nitrogen and oxygen atoms in total. The number of hydrogen-bond donors (Lipinski definition) is 1. The first-order valence-corrected chi connectivity index (χ1v) is 9.09. The highest BCUT2D eigenvalue weighted by Crippen LogP contribution is 2.30. The van der Waals surface area contributed by atoms with Crippen molar-refractivity contribution in [1.29, 1.82) is 0 Å². The van der Waals surface area contributed by atoms with Crippen LogP contribution in [0.5, 0.6) is 0 Å². The minimum absolute atomic E-state index is 0.252. The van der Waals surface area contributed by atoms with Gasteiger partial charge in [0.2, 0.25) is 0 Å². The number of nitrogens with zero attached hydrogens (tertiary/aromatic N) is 4. The van der Waals surface area contributed by atoms with Crippen LogP contribution < -0.4 is 0 Å². The third kappa shape index (κ3) is 3.57. The molecule has 1 atom stereocenters. The van der Waals surface area contributed by atoms with Crippen LogP contribution in [0.4, 0.5) is 0 Å². The molecular weight excluding hydrogens is 328 g/mol. The number of piperidine rings is 1. The van der Waals surface area contributed by atoms with Gasteiger partial charge in [-0.25, -0.2) is 4.98 Å². The Balaban J connectivity index is 1.33. The van der Waals surface area contributed by atoms with Crippen molar-refractivity contribution in [2.75, 3.05) is 13.1 Å². The number of aromatic nitrogens is 3. The van der Waals surface area contributed by atoms with Gasteiger partial charge in [0.25, 0.3) is 0 Å². The molecule has 0 saturated carbocycles. The molecule has 0 bridgehead atoms. The molecule has 1 unspecified atom stereocenters. The first kappa shape index (κ1) is 17.0. The number of aryl methyl sites for hydroxylation is 1. The molecule has 2 aromatic heterocycles. The monoisotopic (exact) mass is 352 g/mol. The maximum Gasteiger partial charge on any atom is 0.151 e. The second kappa shape index (κ2) is 7.43. The minimum atomic E-state index is -0.493. The number of aliphatic hydroxyl groups excluding tert-OH is 1. The molecule has 1 aromatic carbocycles. The fraction of sp³-hybridized carbons (Fsp3) is 0.400. The van der Waals surface area contributed by atoms with Gasteiger partial charge in [0.15, 0.2) is 5.76 Å². The van der Waals surface area contributed by atoms with Crippen molar-refractivity contribution in [1.82, 2.24) is 19.6 Å². The molecule has 26 heavy (non-hydrogen) atoms. The van der Waals surface area contributed by atoms with Crippen LogP contribution in [0.2, 0.25) is 0 Å². The summed E-state index contributed by atoms with van der Waals surface area (Å²) in [6.45, 7) is 2.63. The zero-order valence-electron chi connectivity index (χ0n) is 15.0.